The maximum atomic E-state index is 4.57. The fourth-order valence-electron chi connectivity index (χ4n) is 2.22. The highest BCUT2D eigenvalue weighted by molar-refractivity contribution is 6.03. The lowest BCUT2D eigenvalue weighted by Crippen LogP contribution is -2.40. The van der Waals surface area contributed by atoms with Crippen molar-refractivity contribution >= 4 is 5.71 Å². The van der Waals surface area contributed by atoms with Crippen molar-refractivity contribution in [1.82, 2.24) is 5.32 Å². The van der Waals surface area contributed by atoms with Gasteiger partial charge in [0.25, 0.3) is 0 Å². The molecule has 1 N–H and O–H groups in total. The van der Waals surface area contributed by atoms with Gasteiger partial charge in [-0.3, -0.25) is 4.99 Å². The molecule has 0 radical (unpaired) electrons. The molecule has 0 aromatic carbocycles. The van der Waals surface area contributed by atoms with E-state index in [2.05, 4.69) is 37.2 Å². The van der Waals surface area contributed by atoms with Crippen molar-refractivity contribution in [2.45, 2.75) is 27.2 Å². The topological polar surface area (TPSA) is 24.4 Å². The number of fused-ring (bicyclic) bond motifs is 1. The first-order valence-electron chi connectivity index (χ1n) is 5.08. The minimum Gasteiger partial charge on any atom is -0.384 e. The summed E-state index contributed by atoms with van der Waals surface area (Å²) in [5.74, 6) is 0.641. The number of nitrogens with zero attached hydrogens (tertiary/aromatic N) is 1. The molecular formula is C11H18N2. The second kappa shape index (κ2) is 2.86. The molecule has 1 fully saturated rings. The standard InChI is InChI=1S/C11H18N2/c1-11(2,3)8-4-6-12-9-5-7-13-10(8)9/h5,8,12H,4,6-7H2,1-3H3. The zero-order valence-corrected chi connectivity index (χ0v) is 8.72. The van der Waals surface area contributed by atoms with Crippen LogP contribution in [0.25, 0.3) is 0 Å². The quantitative estimate of drug-likeness (QED) is 0.602. The smallest absolute Gasteiger partial charge is 0.0617 e. The van der Waals surface area contributed by atoms with Crippen LogP contribution in [0.1, 0.15) is 27.2 Å². The summed E-state index contributed by atoms with van der Waals surface area (Å²) < 4.78 is 0. The largest absolute Gasteiger partial charge is 0.384 e. The van der Waals surface area contributed by atoms with Crippen LogP contribution in [0.3, 0.4) is 0 Å². The second-order valence-electron chi connectivity index (χ2n) is 4.98. The van der Waals surface area contributed by atoms with E-state index in [-0.39, 0.29) is 0 Å². The van der Waals surface area contributed by atoms with E-state index < -0.39 is 0 Å². The molecule has 0 aromatic rings. The van der Waals surface area contributed by atoms with E-state index in [0.717, 1.165) is 13.1 Å². The number of rotatable bonds is 0. The van der Waals surface area contributed by atoms with Crippen LogP contribution in [0.5, 0.6) is 0 Å². The highest BCUT2D eigenvalue weighted by Crippen LogP contribution is 2.34. The summed E-state index contributed by atoms with van der Waals surface area (Å²) in [4.78, 5) is 4.57. The summed E-state index contributed by atoms with van der Waals surface area (Å²) in [7, 11) is 0. The summed E-state index contributed by atoms with van der Waals surface area (Å²) >= 11 is 0. The minimum absolute atomic E-state index is 0.352. The molecule has 0 spiro atoms. The van der Waals surface area contributed by atoms with Crippen LogP contribution >= 0.6 is 0 Å². The molecule has 2 heterocycles. The van der Waals surface area contributed by atoms with Crippen molar-refractivity contribution in [2.75, 3.05) is 13.1 Å². The number of hydrogen-bond acceptors (Lipinski definition) is 2. The van der Waals surface area contributed by atoms with Crippen LogP contribution in [0.15, 0.2) is 16.8 Å². The van der Waals surface area contributed by atoms with Crippen LogP contribution in [-0.4, -0.2) is 18.8 Å². The fraction of sp³-hybridized carbons (Fsp3) is 0.727. The lowest BCUT2D eigenvalue weighted by molar-refractivity contribution is 0.289. The number of hydrogen-bond donors (Lipinski definition) is 1. The third-order valence-electron chi connectivity index (χ3n) is 2.96. The average molecular weight is 178 g/mol. The number of aliphatic imine (C=N–C) groups is 1. The SMILES string of the molecule is CC(C)(C)C1CCNC2=CCN=C21. The Morgan fingerprint density at radius 1 is 1.46 bits per heavy atom. The monoisotopic (exact) mass is 178 g/mol. The zero-order valence-electron chi connectivity index (χ0n) is 8.72. The molecule has 2 heteroatoms. The Morgan fingerprint density at radius 2 is 2.23 bits per heavy atom. The Hall–Kier alpha value is -0.790. The maximum absolute atomic E-state index is 4.57. The Kier molecular flexibility index (Phi) is 1.94. The van der Waals surface area contributed by atoms with E-state index in [1.807, 2.05) is 0 Å². The van der Waals surface area contributed by atoms with Crippen molar-refractivity contribution in [1.29, 1.82) is 0 Å². The van der Waals surface area contributed by atoms with Gasteiger partial charge in [-0.2, -0.15) is 0 Å². The van der Waals surface area contributed by atoms with Gasteiger partial charge >= 0.3 is 0 Å². The first-order chi connectivity index (χ1) is 6.09. The highest BCUT2D eigenvalue weighted by Gasteiger charge is 2.34. The van der Waals surface area contributed by atoms with Crippen molar-refractivity contribution in [3.8, 4) is 0 Å². The Labute approximate surface area is 80.1 Å². The van der Waals surface area contributed by atoms with Crippen molar-refractivity contribution < 1.29 is 0 Å². The molecule has 0 aliphatic carbocycles. The first-order valence-corrected chi connectivity index (χ1v) is 5.08. The van der Waals surface area contributed by atoms with Crippen LogP contribution in [0.2, 0.25) is 0 Å². The normalized spacial score (nSPS) is 27.5. The first kappa shape index (κ1) is 8.79. The molecule has 72 valence electrons. The van der Waals surface area contributed by atoms with Gasteiger partial charge in [-0.1, -0.05) is 20.8 Å². The van der Waals surface area contributed by atoms with Gasteiger partial charge in [0, 0.05) is 12.5 Å². The third kappa shape index (κ3) is 1.50. The van der Waals surface area contributed by atoms with E-state index in [4.69, 9.17) is 0 Å². The average Bonchev–Trinajstić information content (AvgIpc) is 2.48. The molecule has 0 amide bonds. The molecule has 2 rings (SSSR count). The molecule has 13 heavy (non-hydrogen) atoms. The summed E-state index contributed by atoms with van der Waals surface area (Å²) in [5, 5.41) is 3.41. The highest BCUT2D eigenvalue weighted by atomic mass is 15.0. The third-order valence-corrected chi connectivity index (χ3v) is 2.96. The Balaban J connectivity index is 2.25. The van der Waals surface area contributed by atoms with Crippen LogP contribution in [0, 0.1) is 11.3 Å². The van der Waals surface area contributed by atoms with Crippen LogP contribution in [-0.2, 0) is 0 Å². The van der Waals surface area contributed by atoms with Gasteiger partial charge in [-0.15, -0.1) is 0 Å². The van der Waals surface area contributed by atoms with Gasteiger partial charge in [0.15, 0.2) is 0 Å². The van der Waals surface area contributed by atoms with Gasteiger partial charge in [-0.25, -0.2) is 0 Å². The summed E-state index contributed by atoms with van der Waals surface area (Å²) in [6, 6.07) is 0. The molecule has 1 unspecified atom stereocenters. The maximum Gasteiger partial charge on any atom is 0.0617 e. The van der Waals surface area contributed by atoms with Crippen LogP contribution < -0.4 is 5.32 Å². The molecule has 2 aliphatic rings. The van der Waals surface area contributed by atoms with E-state index in [0.29, 0.717) is 11.3 Å². The molecule has 0 saturated carbocycles. The van der Waals surface area contributed by atoms with Gasteiger partial charge in [0.1, 0.15) is 0 Å². The van der Waals surface area contributed by atoms with Crippen molar-refractivity contribution in [3.63, 3.8) is 0 Å². The minimum atomic E-state index is 0.352. The van der Waals surface area contributed by atoms with Crippen molar-refractivity contribution in [2.24, 2.45) is 16.3 Å². The van der Waals surface area contributed by atoms with Crippen molar-refractivity contribution in [3.05, 3.63) is 11.8 Å². The van der Waals surface area contributed by atoms with Gasteiger partial charge < -0.3 is 5.32 Å². The van der Waals surface area contributed by atoms with E-state index in [1.54, 1.807) is 0 Å². The molecular weight excluding hydrogens is 160 g/mol. The lowest BCUT2D eigenvalue weighted by Gasteiger charge is -2.35. The van der Waals surface area contributed by atoms with Gasteiger partial charge in [0.2, 0.25) is 0 Å². The van der Waals surface area contributed by atoms with Crippen LogP contribution in [0.4, 0.5) is 0 Å². The summed E-state index contributed by atoms with van der Waals surface area (Å²) in [5.41, 5.74) is 2.97. The molecule has 2 nitrogen and oxygen atoms in total. The number of nitrogens with one attached hydrogen (secondary N) is 1. The number of piperidine rings is 1. The number of allylic oxidation sites excluding steroid dienone is 1. The predicted octanol–water partition coefficient (Wildman–Crippen LogP) is 1.98. The summed E-state index contributed by atoms with van der Waals surface area (Å²) in [6.07, 6.45) is 3.42. The molecule has 2 aliphatic heterocycles. The second-order valence-corrected chi connectivity index (χ2v) is 4.98. The lowest BCUT2D eigenvalue weighted by atomic mass is 9.74. The van der Waals surface area contributed by atoms with Gasteiger partial charge in [0.05, 0.1) is 18.0 Å². The molecule has 0 aromatic heterocycles. The van der Waals surface area contributed by atoms with Gasteiger partial charge in [-0.05, 0) is 17.9 Å². The fourth-order valence-corrected chi connectivity index (χ4v) is 2.22. The molecule has 1 saturated heterocycles. The zero-order chi connectivity index (χ0) is 9.47. The van der Waals surface area contributed by atoms with E-state index in [9.17, 15) is 0 Å². The summed E-state index contributed by atoms with van der Waals surface area (Å²) in [6.45, 7) is 8.90. The predicted molar refractivity (Wildman–Crippen MR) is 55.9 cm³/mol. The van der Waals surface area contributed by atoms with E-state index >= 15 is 0 Å². The van der Waals surface area contributed by atoms with E-state index in [1.165, 1.54) is 17.8 Å². The molecule has 0 bridgehead atoms. The Morgan fingerprint density at radius 3 is 2.92 bits per heavy atom. The Bertz CT molecular complexity index is 268. The molecule has 1 atom stereocenters.